The van der Waals surface area contributed by atoms with Crippen molar-refractivity contribution in [1.29, 1.82) is 0 Å². The molecule has 0 amide bonds. The summed E-state index contributed by atoms with van der Waals surface area (Å²) in [5.41, 5.74) is 18.3. The minimum absolute atomic E-state index is 0.914. The Bertz CT molecular complexity index is 4040. The average molecular weight is 865 g/mol. The number of fused-ring (bicyclic) bond motifs is 12. The van der Waals surface area contributed by atoms with Crippen LogP contribution in [0.4, 0.5) is 0 Å². The fourth-order valence-corrected chi connectivity index (χ4v) is 10.8. The van der Waals surface area contributed by atoms with E-state index in [0.717, 1.165) is 66.2 Å². The van der Waals surface area contributed by atoms with Crippen molar-refractivity contribution in [3.05, 3.63) is 243 Å². The van der Waals surface area contributed by atoms with E-state index < -0.39 is 0 Å². The van der Waals surface area contributed by atoms with Crippen LogP contribution in [-0.4, -0.2) is 19.1 Å². The van der Waals surface area contributed by atoms with Gasteiger partial charge in [-0.15, -0.1) is 0 Å². The molecule has 0 unspecified atom stereocenters. The van der Waals surface area contributed by atoms with Gasteiger partial charge in [-0.3, -0.25) is 9.97 Å². The van der Waals surface area contributed by atoms with E-state index in [1.54, 1.807) is 12.4 Å². The lowest BCUT2D eigenvalue weighted by Gasteiger charge is -2.13. The third kappa shape index (κ3) is 6.01. The first kappa shape index (κ1) is 38.2. The molecule has 0 aliphatic carbocycles. The molecule has 0 radical (unpaired) electrons. The van der Waals surface area contributed by atoms with Crippen LogP contribution in [0.2, 0.25) is 0 Å². The van der Waals surface area contributed by atoms with Crippen molar-refractivity contribution in [2.24, 2.45) is 0 Å². The quantitative estimate of drug-likeness (QED) is 0.156. The zero-order chi connectivity index (χ0) is 44.7. The molecule has 0 atom stereocenters. The van der Waals surface area contributed by atoms with Crippen LogP contribution in [0.5, 0.6) is 0 Å². The highest BCUT2D eigenvalue weighted by atomic mass is 15.0. The predicted octanol–water partition coefficient (Wildman–Crippen LogP) is 16.8. The molecule has 0 saturated heterocycles. The zero-order valence-electron chi connectivity index (χ0n) is 36.9. The van der Waals surface area contributed by atoms with Crippen molar-refractivity contribution >= 4 is 76.2 Å². The molecule has 0 spiro atoms. The van der Waals surface area contributed by atoms with Crippen LogP contribution >= 0.6 is 0 Å². The van der Waals surface area contributed by atoms with Gasteiger partial charge in [0.25, 0.3) is 0 Å². The Labute approximate surface area is 392 Å². The summed E-state index contributed by atoms with van der Waals surface area (Å²) >= 11 is 0. The van der Waals surface area contributed by atoms with Crippen LogP contribution in [0.3, 0.4) is 0 Å². The standard InChI is InChI=1S/C64H40N4/c1-3-17-49(18-4-1)67-59-23-9-7-21-51(59)57-39-47(27-31-61(57)67)43-15-11-13-41(35-43)45-25-29-53-55(37-45)56-38-46(26-30-54(56)64-63(53)65-33-34-66-64)42-14-12-16-44(36-42)48-28-32-62-58(40-48)52-22-8-10-24-60(52)68(62)50-19-5-2-6-20-50/h1-40H. The summed E-state index contributed by atoms with van der Waals surface area (Å²) in [4.78, 5) is 9.80. The molecule has 0 fully saturated rings. The normalized spacial score (nSPS) is 11.8. The maximum Gasteiger partial charge on any atom is 0.0971 e. The lowest BCUT2D eigenvalue weighted by Crippen LogP contribution is -1.92. The molecule has 0 aliphatic rings. The van der Waals surface area contributed by atoms with Crippen molar-refractivity contribution in [1.82, 2.24) is 19.1 Å². The first-order valence-electron chi connectivity index (χ1n) is 23.2. The van der Waals surface area contributed by atoms with Gasteiger partial charge < -0.3 is 9.13 Å². The second-order valence-corrected chi connectivity index (χ2v) is 17.8. The summed E-state index contributed by atoms with van der Waals surface area (Å²) in [5.74, 6) is 0. The smallest absolute Gasteiger partial charge is 0.0971 e. The van der Waals surface area contributed by atoms with E-state index in [9.17, 15) is 0 Å². The fraction of sp³-hybridized carbons (Fsp3) is 0. The number of para-hydroxylation sites is 4. The summed E-state index contributed by atoms with van der Waals surface area (Å²) < 4.78 is 4.74. The third-order valence-electron chi connectivity index (χ3n) is 14.0. The van der Waals surface area contributed by atoms with Crippen LogP contribution in [0.1, 0.15) is 0 Å². The topological polar surface area (TPSA) is 35.6 Å². The van der Waals surface area contributed by atoms with E-state index in [-0.39, 0.29) is 0 Å². The molecular weight excluding hydrogens is 825 g/mol. The average Bonchev–Trinajstić information content (AvgIpc) is 3.93. The molecule has 3 aromatic heterocycles. The number of aromatic nitrogens is 4. The summed E-state index contributed by atoms with van der Waals surface area (Å²) in [7, 11) is 0. The van der Waals surface area contributed by atoms with E-state index in [4.69, 9.17) is 9.97 Å². The van der Waals surface area contributed by atoms with E-state index >= 15 is 0 Å². The van der Waals surface area contributed by atoms with E-state index in [0.29, 0.717) is 0 Å². The van der Waals surface area contributed by atoms with Gasteiger partial charge >= 0.3 is 0 Å². The van der Waals surface area contributed by atoms with Crippen LogP contribution in [0.25, 0.3) is 132 Å². The molecule has 0 bridgehead atoms. The van der Waals surface area contributed by atoms with Gasteiger partial charge in [0.2, 0.25) is 0 Å². The lowest BCUT2D eigenvalue weighted by molar-refractivity contribution is 1.18. The molecule has 4 nitrogen and oxygen atoms in total. The summed E-state index contributed by atoms with van der Waals surface area (Å²) in [6, 6.07) is 84.0. The van der Waals surface area contributed by atoms with Crippen molar-refractivity contribution in [2.75, 3.05) is 0 Å². The van der Waals surface area contributed by atoms with Gasteiger partial charge in [0.15, 0.2) is 0 Å². The van der Waals surface area contributed by atoms with Crippen LogP contribution in [0, 0.1) is 0 Å². The summed E-state index contributed by atoms with van der Waals surface area (Å²) in [6.07, 6.45) is 3.60. The highest BCUT2D eigenvalue weighted by Crippen LogP contribution is 2.41. The Morgan fingerprint density at radius 2 is 0.559 bits per heavy atom. The van der Waals surface area contributed by atoms with Crippen molar-refractivity contribution in [3.8, 4) is 55.9 Å². The molecule has 14 rings (SSSR count). The monoisotopic (exact) mass is 864 g/mol. The molecule has 3 heterocycles. The number of benzene rings is 11. The first-order chi connectivity index (χ1) is 33.7. The Hall–Kier alpha value is -9.12. The molecule has 14 aromatic rings. The molecule has 0 N–H and O–H groups in total. The van der Waals surface area contributed by atoms with Crippen molar-refractivity contribution in [3.63, 3.8) is 0 Å². The lowest BCUT2D eigenvalue weighted by atomic mass is 9.92. The second kappa shape index (κ2) is 15.2. The molecule has 0 saturated carbocycles. The zero-order valence-corrected chi connectivity index (χ0v) is 36.9. The van der Waals surface area contributed by atoms with Crippen LogP contribution in [0.15, 0.2) is 243 Å². The van der Waals surface area contributed by atoms with Crippen LogP contribution in [-0.2, 0) is 0 Å². The van der Waals surface area contributed by atoms with Gasteiger partial charge in [0, 0.05) is 56.1 Å². The first-order valence-corrected chi connectivity index (χ1v) is 23.2. The highest BCUT2D eigenvalue weighted by molar-refractivity contribution is 6.24. The second-order valence-electron chi connectivity index (χ2n) is 17.8. The molecule has 68 heavy (non-hydrogen) atoms. The minimum Gasteiger partial charge on any atom is -0.309 e. The van der Waals surface area contributed by atoms with Gasteiger partial charge in [0.1, 0.15) is 0 Å². The van der Waals surface area contributed by atoms with E-state index in [2.05, 4.69) is 240 Å². The Morgan fingerprint density at radius 3 is 0.985 bits per heavy atom. The van der Waals surface area contributed by atoms with Gasteiger partial charge in [-0.2, -0.15) is 0 Å². The number of hydrogen-bond acceptors (Lipinski definition) is 2. The highest BCUT2D eigenvalue weighted by Gasteiger charge is 2.17. The van der Waals surface area contributed by atoms with E-state index in [1.807, 2.05) is 0 Å². The molecule has 11 aromatic carbocycles. The molecule has 316 valence electrons. The maximum absolute atomic E-state index is 4.90. The summed E-state index contributed by atoms with van der Waals surface area (Å²) in [5, 5.41) is 9.48. The number of rotatable bonds is 6. The third-order valence-corrected chi connectivity index (χ3v) is 14.0. The Morgan fingerprint density at radius 1 is 0.221 bits per heavy atom. The van der Waals surface area contributed by atoms with Crippen molar-refractivity contribution in [2.45, 2.75) is 0 Å². The number of nitrogens with zero attached hydrogens (tertiary/aromatic N) is 4. The SMILES string of the molecule is c1ccc(-n2c3ccccc3c3cc(-c4cccc(-c5ccc6c(c5)c5cc(-c7cccc(-c8ccc9c(c8)c8ccccc8n9-c8ccccc8)c7)ccc5c5nccnc65)c4)ccc32)cc1. The largest absolute Gasteiger partial charge is 0.309 e. The van der Waals surface area contributed by atoms with E-state index in [1.165, 1.54) is 65.9 Å². The predicted molar refractivity (Wildman–Crippen MR) is 285 cm³/mol. The van der Waals surface area contributed by atoms with Gasteiger partial charge in [-0.05, 0) is 140 Å². The maximum atomic E-state index is 4.90. The van der Waals surface area contributed by atoms with Gasteiger partial charge in [-0.1, -0.05) is 146 Å². The molecular formula is C64H40N4. The Kier molecular flexibility index (Phi) is 8.55. The van der Waals surface area contributed by atoms with Gasteiger partial charge in [-0.25, -0.2) is 0 Å². The number of hydrogen-bond donors (Lipinski definition) is 0. The summed E-state index contributed by atoms with van der Waals surface area (Å²) in [6.45, 7) is 0. The Balaban J connectivity index is 0.872. The fourth-order valence-electron chi connectivity index (χ4n) is 10.8. The minimum atomic E-state index is 0.914. The molecule has 0 aliphatic heterocycles. The van der Waals surface area contributed by atoms with Crippen molar-refractivity contribution < 1.29 is 0 Å². The van der Waals surface area contributed by atoms with Crippen LogP contribution < -0.4 is 0 Å². The molecule has 4 heteroatoms. The van der Waals surface area contributed by atoms with Gasteiger partial charge in [0.05, 0.1) is 33.1 Å².